The molecule has 0 spiro atoms. The summed E-state index contributed by atoms with van der Waals surface area (Å²) in [5.74, 6) is -1.25. The number of carboxylic acid groups (broad SMARTS) is 1. The first-order valence-corrected chi connectivity index (χ1v) is 5.73. The molecule has 0 atom stereocenters. The van der Waals surface area contributed by atoms with Gasteiger partial charge in [0, 0.05) is 5.56 Å². The highest BCUT2D eigenvalue weighted by Crippen LogP contribution is 2.16. The highest BCUT2D eigenvalue weighted by molar-refractivity contribution is 7.14. The van der Waals surface area contributed by atoms with Gasteiger partial charge in [-0.25, -0.2) is 4.79 Å². The molecule has 0 aliphatic carbocycles. The monoisotopic (exact) mass is 247 g/mol. The highest BCUT2D eigenvalue weighted by Gasteiger charge is 2.08. The first-order valence-electron chi connectivity index (χ1n) is 4.85. The number of anilines is 1. The maximum atomic E-state index is 11.7. The molecule has 0 saturated heterocycles. The average molecular weight is 247 g/mol. The Labute approximate surface area is 102 Å². The van der Waals surface area contributed by atoms with Crippen LogP contribution in [-0.2, 0) is 0 Å². The standard InChI is InChI=1S/C12H9NO3S/c14-11(13-10-2-1-7-17-10)8-3-5-9(6-4-8)12(15)16/h1-7H,(H,13,14)(H,15,16). The van der Waals surface area contributed by atoms with Crippen molar-refractivity contribution in [2.45, 2.75) is 0 Å². The molecular weight excluding hydrogens is 238 g/mol. The van der Waals surface area contributed by atoms with Crippen molar-refractivity contribution in [2.24, 2.45) is 0 Å². The number of carbonyl (C=O) groups excluding carboxylic acids is 1. The van der Waals surface area contributed by atoms with Gasteiger partial charge in [-0.1, -0.05) is 0 Å². The zero-order valence-electron chi connectivity index (χ0n) is 8.71. The number of benzene rings is 1. The van der Waals surface area contributed by atoms with Crippen LogP contribution in [0.3, 0.4) is 0 Å². The number of thiophene rings is 1. The number of nitrogens with one attached hydrogen (secondary N) is 1. The smallest absolute Gasteiger partial charge is 0.335 e. The van der Waals surface area contributed by atoms with Gasteiger partial charge in [0.1, 0.15) is 0 Å². The third-order valence-electron chi connectivity index (χ3n) is 2.15. The summed E-state index contributed by atoms with van der Waals surface area (Å²) in [6, 6.07) is 9.44. The second kappa shape index (κ2) is 4.80. The van der Waals surface area contributed by atoms with Crippen LogP contribution in [0, 0.1) is 0 Å². The topological polar surface area (TPSA) is 66.4 Å². The molecule has 1 aromatic heterocycles. The first kappa shape index (κ1) is 11.3. The lowest BCUT2D eigenvalue weighted by molar-refractivity contribution is 0.0696. The summed E-state index contributed by atoms with van der Waals surface area (Å²) in [6.07, 6.45) is 0. The van der Waals surface area contributed by atoms with E-state index in [1.54, 1.807) is 6.07 Å². The minimum Gasteiger partial charge on any atom is -0.478 e. The number of carbonyl (C=O) groups is 2. The Morgan fingerprint density at radius 1 is 1.06 bits per heavy atom. The van der Waals surface area contributed by atoms with Crippen LogP contribution < -0.4 is 5.32 Å². The maximum Gasteiger partial charge on any atom is 0.335 e. The van der Waals surface area contributed by atoms with Crippen molar-refractivity contribution in [3.8, 4) is 0 Å². The predicted molar refractivity (Wildman–Crippen MR) is 65.7 cm³/mol. The highest BCUT2D eigenvalue weighted by atomic mass is 32.1. The van der Waals surface area contributed by atoms with E-state index in [1.165, 1.54) is 35.6 Å². The fourth-order valence-corrected chi connectivity index (χ4v) is 1.91. The largest absolute Gasteiger partial charge is 0.478 e. The normalized spacial score (nSPS) is 9.88. The van der Waals surface area contributed by atoms with Crippen LogP contribution in [0.1, 0.15) is 20.7 Å². The Morgan fingerprint density at radius 2 is 1.71 bits per heavy atom. The van der Waals surface area contributed by atoms with E-state index in [-0.39, 0.29) is 11.5 Å². The summed E-state index contributed by atoms with van der Waals surface area (Å²) in [6.45, 7) is 0. The Kier molecular flexibility index (Phi) is 3.20. The van der Waals surface area contributed by atoms with Gasteiger partial charge in [-0.3, -0.25) is 4.79 Å². The van der Waals surface area contributed by atoms with Crippen molar-refractivity contribution in [2.75, 3.05) is 5.32 Å². The minimum atomic E-state index is -1.00. The molecule has 1 aromatic carbocycles. The number of amides is 1. The molecule has 86 valence electrons. The molecule has 4 nitrogen and oxygen atoms in total. The average Bonchev–Trinajstić information content (AvgIpc) is 2.82. The molecule has 2 N–H and O–H groups in total. The van der Waals surface area contributed by atoms with Gasteiger partial charge in [-0.05, 0) is 41.8 Å². The van der Waals surface area contributed by atoms with E-state index in [2.05, 4.69) is 5.32 Å². The fourth-order valence-electron chi connectivity index (χ4n) is 1.30. The molecule has 2 aromatic rings. The fraction of sp³-hybridized carbons (Fsp3) is 0. The van der Waals surface area contributed by atoms with E-state index < -0.39 is 5.97 Å². The van der Waals surface area contributed by atoms with Crippen LogP contribution in [0.5, 0.6) is 0 Å². The first-order chi connectivity index (χ1) is 8.16. The van der Waals surface area contributed by atoms with Crippen molar-refractivity contribution in [3.05, 3.63) is 52.9 Å². The van der Waals surface area contributed by atoms with Gasteiger partial charge in [0.05, 0.1) is 10.6 Å². The lowest BCUT2D eigenvalue weighted by atomic mass is 10.1. The van der Waals surface area contributed by atoms with Crippen LogP contribution in [-0.4, -0.2) is 17.0 Å². The van der Waals surface area contributed by atoms with Gasteiger partial charge in [-0.2, -0.15) is 0 Å². The number of aromatic carboxylic acids is 1. The summed E-state index contributed by atoms with van der Waals surface area (Å²) in [7, 11) is 0. The molecular formula is C12H9NO3S. The van der Waals surface area contributed by atoms with E-state index in [1.807, 2.05) is 11.4 Å². The van der Waals surface area contributed by atoms with Crippen molar-refractivity contribution in [3.63, 3.8) is 0 Å². The molecule has 0 aliphatic heterocycles. The minimum absolute atomic E-state index is 0.165. The number of hydrogen-bond donors (Lipinski definition) is 2. The van der Waals surface area contributed by atoms with E-state index in [0.717, 1.165) is 5.00 Å². The SMILES string of the molecule is O=C(O)c1ccc(C(=O)Nc2cccs2)cc1. The molecule has 5 heteroatoms. The Morgan fingerprint density at radius 3 is 2.24 bits per heavy atom. The van der Waals surface area contributed by atoms with E-state index in [9.17, 15) is 9.59 Å². The van der Waals surface area contributed by atoms with E-state index in [4.69, 9.17) is 5.11 Å². The summed E-state index contributed by atoms with van der Waals surface area (Å²) in [5, 5.41) is 14.1. The van der Waals surface area contributed by atoms with Gasteiger partial charge in [0.25, 0.3) is 5.91 Å². The lowest BCUT2D eigenvalue weighted by Crippen LogP contribution is -2.11. The number of rotatable bonds is 3. The quantitative estimate of drug-likeness (QED) is 0.876. The molecule has 1 amide bonds. The summed E-state index contributed by atoms with van der Waals surface area (Å²) >= 11 is 1.43. The number of hydrogen-bond acceptors (Lipinski definition) is 3. The van der Waals surface area contributed by atoms with Crippen LogP contribution in [0.15, 0.2) is 41.8 Å². The zero-order chi connectivity index (χ0) is 12.3. The third-order valence-corrected chi connectivity index (χ3v) is 2.94. The van der Waals surface area contributed by atoms with Gasteiger partial charge in [0.2, 0.25) is 0 Å². The summed E-state index contributed by atoms with van der Waals surface area (Å²) < 4.78 is 0. The van der Waals surface area contributed by atoms with Crippen LogP contribution in [0.2, 0.25) is 0 Å². The molecule has 0 unspecified atom stereocenters. The van der Waals surface area contributed by atoms with Crippen molar-refractivity contribution < 1.29 is 14.7 Å². The van der Waals surface area contributed by atoms with Crippen molar-refractivity contribution >= 4 is 28.2 Å². The van der Waals surface area contributed by atoms with Crippen molar-refractivity contribution in [1.29, 1.82) is 0 Å². The van der Waals surface area contributed by atoms with Crippen LogP contribution in [0.25, 0.3) is 0 Å². The van der Waals surface area contributed by atoms with E-state index >= 15 is 0 Å². The molecule has 1 heterocycles. The third kappa shape index (κ3) is 2.70. The van der Waals surface area contributed by atoms with Crippen molar-refractivity contribution in [1.82, 2.24) is 0 Å². The molecule has 17 heavy (non-hydrogen) atoms. The molecule has 0 saturated carbocycles. The van der Waals surface area contributed by atoms with Crippen LogP contribution >= 0.6 is 11.3 Å². The second-order valence-electron chi connectivity index (χ2n) is 3.31. The zero-order valence-corrected chi connectivity index (χ0v) is 9.53. The predicted octanol–water partition coefficient (Wildman–Crippen LogP) is 2.70. The van der Waals surface area contributed by atoms with E-state index in [0.29, 0.717) is 5.56 Å². The lowest BCUT2D eigenvalue weighted by Gasteiger charge is -2.02. The van der Waals surface area contributed by atoms with Gasteiger partial charge in [-0.15, -0.1) is 11.3 Å². The summed E-state index contributed by atoms with van der Waals surface area (Å²) in [4.78, 5) is 22.4. The van der Waals surface area contributed by atoms with Crippen LogP contribution in [0.4, 0.5) is 5.00 Å². The Hall–Kier alpha value is -2.14. The molecule has 2 rings (SSSR count). The summed E-state index contributed by atoms with van der Waals surface area (Å²) in [5.41, 5.74) is 0.598. The Bertz CT molecular complexity index is 531. The Balaban J connectivity index is 2.12. The second-order valence-corrected chi connectivity index (χ2v) is 4.26. The van der Waals surface area contributed by atoms with Gasteiger partial charge < -0.3 is 10.4 Å². The molecule has 0 fully saturated rings. The maximum absolute atomic E-state index is 11.7. The van der Waals surface area contributed by atoms with Gasteiger partial charge in [0.15, 0.2) is 0 Å². The number of carboxylic acids is 1. The van der Waals surface area contributed by atoms with Gasteiger partial charge >= 0.3 is 5.97 Å². The molecule has 0 aliphatic rings. The molecule has 0 bridgehead atoms. The molecule has 0 radical (unpaired) electrons.